The highest BCUT2D eigenvalue weighted by molar-refractivity contribution is 7.18. The van der Waals surface area contributed by atoms with E-state index in [1.807, 2.05) is 49.4 Å². The first-order valence-corrected chi connectivity index (χ1v) is 11.5. The largest absolute Gasteiger partial charge is 0.481 e. The van der Waals surface area contributed by atoms with Gasteiger partial charge in [0.25, 0.3) is 5.91 Å². The van der Waals surface area contributed by atoms with Gasteiger partial charge in [-0.15, -0.1) is 17.8 Å². The van der Waals surface area contributed by atoms with Crippen molar-refractivity contribution in [2.24, 2.45) is 0 Å². The van der Waals surface area contributed by atoms with Gasteiger partial charge in [-0.25, -0.2) is 15.0 Å². The summed E-state index contributed by atoms with van der Waals surface area (Å²) in [6, 6.07) is 13.3. The van der Waals surface area contributed by atoms with Crippen molar-refractivity contribution in [2.75, 3.05) is 23.0 Å². The topological polar surface area (TPSA) is 115 Å². The van der Waals surface area contributed by atoms with Crippen LogP contribution in [0.2, 0.25) is 0 Å². The van der Waals surface area contributed by atoms with Crippen molar-refractivity contribution < 1.29 is 9.53 Å². The number of hydrogen-bond acceptors (Lipinski definition) is 8. The van der Waals surface area contributed by atoms with Crippen LogP contribution in [0.1, 0.15) is 15.9 Å². The highest BCUT2D eigenvalue weighted by atomic mass is 32.1. The van der Waals surface area contributed by atoms with Crippen molar-refractivity contribution in [3.63, 3.8) is 0 Å². The van der Waals surface area contributed by atoms with Crippen LogP contribution in [0.15, 0.2) is 60.4 Å². The van der Waals surface area contributed by atoms with E-state index >= 15 is 0 Å². The first-order chi connectivity index (χ1) is 17.0. The van der Waals surface area contributed by atoms with Crippen molar-refractivity contribution >= 4 is 61.2 Å². The molecule has 0 radical (unpaired) electrons. The lowest BCUT2D eigenvalue weighted by atomic mass is 10.0. The SMILES string of the molecule is C#CCOc1ccc(Nc2nccc3c(NC(=O)c4csc5c(N)ncnc45)c(C)ccc23)cc1. The maximum Gasteiger partial charge on any atom is 0.258 e. The second-order valence-corrected chi connectivity index (χ2v) is 8.57. The van der Waals surface area contributed by atoms with Gasteiger partial charge in [0.05, 0.1) is 21.5 Å². The molecule has 0 saturated carbocycles. The molecule has 0 aliphatic carbocycles. The van der Waals surface area contributed by atoms with E-state index in [4.69, 9.17) is 16.9 Å². The van der Waals surface area contributed by atoms with Gasteiger partial charge in [-0.1, -0.05) is 18.1 Å². The summed E-state index contributed by atoms with van der Waals surface area (Å²) in [5, 5.41) is 9.87. The van der Waals surface area contributed by atoms with Crippen molar-refractivity contribution in [1.82, 2.24) is 15.0 Å². The molecule has 0 aliphatic heterocycles. The Morgan fingerprint density at radius 2 is 1.94 bits per heavy atom. The molecule has 0 fully saturated rings. The maximum absolute atomic E-state index is 13.2. The number of aromatic nitrogens is 3. The van der Waals surface area contributed by atoms with Crippen molar-refractivity contribution in [1.29, 1.82) is 0 Å². The number of hydrogen-bond donors (Lipinski definition) is 3. The number of aryl methyl sites for hydroxylation is 1. The number of thiophene rings is 1. The van der Waals surface area contributed by atoms with Gasteiger partial charge in [-0.05, 0) is 42.8 Å². The molecular weight excluding hydrogens is 460 g/mol. The average molecular weight is 481 g/mol. The van der Waals surface area contributed by atoms with Gasteiger partial charge in [-0.3, -0.25) is 4.79 Å². The van der Waals surface area contributed by atoms with Gasteiger partial charge in [0.2, 0.25) is 0 Å². The summed E-state index contributed by atoms with van der Waals surface area (Å²) in [5.74, 6) is 3.89. The molecule has 0 unspecified atom stereocenters. The highest BCUT2D eigenvalue weighted by Crippen LogP contribution is 2.34. The lowest BCUT2D eigenvalue weighted by Gasteiger charge is -2.15. The summed E-state index contributed by atoms with van der Waals surface area (Å²) in [6.07, 6.45) is 8.31. The molecule has 0 saturated heterocycles. The number of anilines is 4. The Hall–Kier alpha value is -4.68. The molecule has 9 heteroatoms. The number of nitrogens with zero attached hydrogens (tertiary/aromatic N) is 3. The fourth-order valence-corrected chi connectivity index (χ4v) is 4.64. The van der Waals surface area contributed by atoms with E-state index in [-0.39, 0.29) is 12.5 Å². The first-order valence-electron chi connectivity index (χ1n) is 10.7. The van der Waals surface area contributed by atoms with Crippen LogP contribution in [-0.2, 0) is 0 Å². The second kappa shape index (κ2) is 9.29. The molecule has 5 aromatic rings. The minimum atomic E-state index is -0.265. The molecular formula is C26H20N6O2S. The monoisotopic (exact) mass is 480 g/mol. The van der Waals surface area contributed by atoms with Crippen molar-refractivity contribution in [3.05, 3.63) is 71.5 Å². The molecule has 8 nitrogen and oxygen atoms in total. The van der Waals surface area contributed by atoms with Gasteiger partial charge in [0, 0.05) is 28.0 Å². The third kappa shape index (κ3) is 4.30. The number of benzene rings is 2. The molecule has 5 rings (SSSR count). The van der Waals surface area contributed by atoms with Crippen LogP contribution in [0, 0.1) is 19.3 Å². The minimum Gasteiger partial charge on any atom is -0.481 e. The van der Waals surface area contributed by atoms with Gasteiger partial charge >= 0.3 is 0 Å². The summed E-state index contributed by atoms with van der Waals surface area (Å²) < 4.78 is 6.12. The molecule has 2 aromatic carbocycles. The standard InChI is InChI=1S/C26H20N6O2S/c1-3-12-34-17-7-5-16(6-8-17)31-25-19-9-4-15(2)21(18(19)10-11-28-25)32-26(33)20-13-35-23-22(20)29-14-30-24(23)27/h1,4-11,13-14H,12H2,2H3,(H,28,31)(H,32,33)(H2,27,29,30). The van der Waals surface area contributed by atoms with Crippen LogP contribution < -0.4 is 21.1 Å². The summed E-state index contributed by atoms with van der Waals surface area (Å²) >= 11 is 1.35. The number of terminal acetylenes is 1. The van der Waals surface area contributed by atoms with E-state index in [2.05, 4.69) is 31.5 Å². The number of nitrogens with one attached hydrogen (secondary N) is 2. The maximum atomic E-state index is 13.2. The minimum absolute atomic E-state index is 0.215. The zero-order valence-electron chi connectivity index (χ0n) is 18.7. The van der Waals surface area contributed by atoms with Crippen LogP contribution in [0.5, 0.6) is 5.75 Å². The summed E-state index contributed by atoms with van der Waals surface area (Å²) in [5.41, 5.74) is 9.39. The number of nitrogens with two attached hydrogens (primary N) is 1. The molecule has 172 valence electrons. The fourth-order valence-electron chi connectivity index (χ4n) is 3.74. The smallest absolute Gasteiger partial charge is 0.258 e. The van der Waals surface area contributed by atoms with Crippen molar-refractivity contribution in [3.8, 4) is 18.1 Å². The molecule has 0 spiro atoms. The number of amides is 1. The van der Waals surface area contributed by atoms with Gasteiger partial charge in [0.1, 0.15) is 30.3 Å². The Bertz CT molecular complexity index is 1600. The summed E-state index contributed by atoms with van der Waals surface area (Å²) in [4.78, 5) is 26.0. The van der Waals surface area contributed by atoms with Gasteiger partial charge in [0.15, 0.2) is 0 Å². The van der Waals surface area contributed by atoms with Crippen molar-refractivity contribution in [2.45, 2.75) is 6.92 Å². The van der Waals surface area contributed by atoms with E-state index in [9.17, 15) is 4.79 Å². The number of carbonyl (C=O) groups is 1. The average Bonchev–Trinajstić information content (AvgIpc) is 3.31. The first kappa shape index (κ1) is 22.1. The van der Waals surface area contributed by atoms with E-state index in [1.54, 1.807) is 11.6 Å². The molecule has 3 aromatic heterocycles. The van der Waals surface area contributed by atoms with Gasteiger partial charge in [-0.2, -0.15) is 0 Å². The fraction of sp³-hybridized carbons (Fsp3) is 0.0769. The predicted octanol–water partition coefficient (Wildman–Crippen LogP) is 5.14. The van der Waals surface area contributed by atoms with Crippen LogP contribution in [0.4, 0.5) is 23.0 Å². The lowest BCUT2D eigenvalue weighted by molar-refractivity contribution is 0.102. The molecule has 35 heavy (non-hydrogen) atoms. The Morgan fingerprint density at radius 3 is 2.74 bits per heavy atom. The number of carbonyl (C=O) groups excluding carboxylic acids is 1. The summed E-state index contributed by atoms with van der Waals surface area (Å²) in [6.45, 7) is 2.16. The molecule has 3 heterocycles. The number of ether oxygens (including phenoxy) is 1. The zero-order valence-corrected chi connectivity index (χ0v) is 19.5. The van der Waals surface area contributed by atoms with Crippen LogP contribution >= 0.6 is 11.3 Å². The van der Waals surface area contributed by atoms with Crippen LogP contribution in [0.3, 0.4) is 0 Å². The van der Waals surface area contributed by atoms with E-state index < -0.39 is 0 Å². The highest BCUT2D eigenvalue weighted by Gasteiger charge is 2.18. The molecule has 0 atom stereocenters. The number of fused-ring (bicyclic) bond motifs is 2. The predicted molar refractivity (Wildman–Crippen MR) is 140 cm³/mol. The number of nitrogen functional groups attached to an aromatic ring is 1. The summed E-state index contributed by atoms with van der Waals surface area (Å²) in [7, 11) is 0. The van der Waals surface area contributed by atoms with Crippen LogP contribution in [-0.4, -0.2) is 27.5 Å². The number of rotatable bonds is 6. The Kier molecular flexibility index (Phi) is 5.87. The van der Waals surface area contributed by atoms with Gasteiger partial charge < -0.3 is 21.1 Å². The lowest BCUT2D eigenvalue weighted by Crippen LogP contribution is -2.13. The number of pyridine rings is 1. The van der Waals surface area contributed by atoms with Crippen LogP contribution in [0.25, 0.3) is 21.0 Å². The normalized spacial score (nSPS) is 10.7. The molecule has 0 aliphatic rings. The molecule has 4 N–H and O–H groups in total. The zero-order chi connectivity index (χ0) is 24.4. The Balaban J connectivity index is 1.46. The van der Waals surface area contributed by atoms with E-state index in [0.717, 1.165) is 22.0 Å². The third-order valence-corrected chi connectivity index (χ3v) is 6.45. The van der Waals surface area contributed by atoms with E-state index in [0.29, 0.717) is 38.9 Å². The molecule has 0 bridgehead atoms. The Morgan fingerprint density at radius 1 is 1.11 bits per heavy atom. The van der Waals surface area contributed by atoms with E-state index in [1.165, 1.54) is 17.7 Å². The quantitative estimate of drug-likeness (QED) is 0.288. The second-order valence-electron chi connectivity index (χ2n) is 7.69. The molecule has 1 amide bonds. The third-order valence-electron chi connectivity index (χ3n) is 5.46. The Labute approximate surface area is 205 Å².